The number of hydrogen-bond donors (Lipinski definition) is 1. The molecule has 132 valence electrons. The molecular weight excluding hydrogens is 335 g/mol. The van der Waals surface area contributed by atoms with E-state index in [-0.39, 0.29) is 23.6 Å². The zero-order valence-corrected chi connectivity index (χ0v) is 14.2. The van der Waals surface area contributed by atoms with Gasteiger partial charge in [0.05, 0.1) is 12.7 Å². The molecule has 6 heteroatoms. The summed E-state index contributed by atoms with van der Waals surface area (Å²) in [5, 5.41) is 2.95. The average molecular weight is 352 g/mol. The minimum Gasteiger partial charge on any atom is -0.497 e. The molecule has 2 amide bonds. The number of carbonyl (C=O) groups excluding carboxylic acids is 2. The van der Waals surface area contributed by atoms with Gasteiger partial charge in [-0.3, -0.25) is 14.5 Å². The number of carbonyl (C=O) groups is 2. The molecule has 5 nitrogen and oxygen atoms in total. The Balaban J connectivity index is 2.05. The predicted octanol–water partition coefficient (Wildman–Crippen LogP) is 3.21. The van der Waals surface area contributed by atoms with Crippen LogP contribution in [0.3, 0.4) is 0 Å². The summed E-state index contributed by atoms with van der Waals surface area (Å²) < 4.78 is 18.3. The van der Waals surface area contributed by atoms with Crippen molar-refractivity contribution in [3.8, 4) is 5.75 Å². The van der Waals surface area contributed by atoms with Gasteiger partial charge in [-0.05, 0) is 42.0 Å². The second-order valence-electron chi connectivity index (χ2n) is 5.62. The lowest BCUT2D eigenvalue weighted by molar-refractivity contribution is -0.136. The molecule has 3 rings (SSSR count). The van der Waals surface area contributed by atoms with Crippen LogP contribution < -0.4 is 10.1 Å². The predicted molar refractivity (Wildman–Crippen MR) is 96.9 cm³/mol. The highest BCUT2D eigenvalue weighted by atomic mass is 19.1. The van der Waals surface area contributed by atoms with Crippen molar-refractivity contribution >= 4 is 23.1 Å². The third kappa shape index (κ3) is 3.21. The number of ether oxygens (including phenoxy) is 1. The van der Waals surface area contributed by atoms with Gasteiger partial charge in [-0.1, -0.05) is 18.2 Å². The lowest BCUT2D eigenvalue weighted by Gasteiger charge is -2.12. The van der Waals surface area contributed by atoms with E-state index in [0.717, 1.165) is 4.90 Å². The summed E-state index contributed by atoms with van der Waals surface area (Å²) in [7, 11) is 1.55. The maximum atomic E-state index is 13.1. The van der Waals surface area contributed by atoms with Crippen molar-refractivity contribution in [2.24, 2.45) is 0 Å². The summed E-state index contributed by atoms with van der Waals surface area (Å²) in [6.45, 7) is 3.69. The molecule has 1 heterocycles. The Hall–Kier alpha value is -3.41. The Morgan fingerprint density at radius 1 is 1.08 bits per heavy atom. The molecule has 0 saturated heterocycles. The van der Waals surface area contributed by atoms with Crippen molar-refractivity contribution in [3.05, 3.63) is 78.3 Å². The maximum absolute atomic E-state index is 13.1. The van der Waals surface area contributed by atoms with Gasteiger partial charge in [-0.2, -0.15) is 0 Å². The third-order valence-corrected chi connectivity index (χ3v) is 3.97. The molecule has 1 N–H and O–H groups in total. The number of imide groups is 1. The molecule has 0 atom stereocenters. The molecule has 2 aromatic rings. The summed E-state index contributed by atoms with van der Waals surface area (Å²) in [5.74, 6) is -0.612. The second kappa shape index (κ2) is 7.23. The van der Waals surface area contributed by atoms with Gasteiger partial charge in [0.1, 0.15) is 17.3 Å². The van der Waals surface area contributed by atoms with Crippen LogP contribution in [-0.2, 0) is 9.59 Å². The van der Waals surface area contributed by atoms with E-state index in [4.69, 9.17) is 4.74 Å². The number of nitrogens with one attached hydrogen (secondary N) is 1. The molecule has 0 saturated carbocycles. The smallest absolute Gasteiger partial charge is 0.278 e. The highest BCUT2D eigenvalue weighted by molar-refractivity contribution is 6.36. The van der Waals surface area contributed by atoms with E-state index in [2.05, 4.69) is 11.9 Å². The van der Waals surface area contributed by atoms with Gasteiger partial charge in [0.15, 0.2) is 0 Å². The number of methoxy groups -OCH3 is 1. The molecule has 0 fully saturated rings. The molecule has 0 bridgehead atoms. The number of anilines is 1. The Morgan fingerprint density at radius 3 is 2.31 bits per heavy atom. The summed E-state index contributed by atoms with van der Waals surface area (Å²) in [6, 6.07) is 12.4. The molecule has 1 aliphatic heterocycles. The standard InChI is InChI=1S/C20H17FN2O3/c1-3-12-23-19(24)17(13-4-10-16(26-2)11-5-13)18(20(23)25)22-15-8-6-14(21)7-9-15/h3-11,22H,1,12H2,2H3. The van der Waals surface area contributed by atoms with E-state index in [1.165, 1.54) is 30.3 Å². The summed E-state index contributed by atoms with van der Waals surface area (Å²) in [4.78, 5) is 26.6. The molecular formula is C20H17FN2O3. The van der Waals surface area contributed by atoms with Gasteiger partial charge in [-0.15, -0.1) is 6.58 Å². The minimum absolute atomic E-state index is 0.103. The van der Waals surface area contributed by atoms with Gasteiger partial charge in [0.25, 0.3) is 11.8 Å². The fourth-order valence-corrected chi connectivity index (χ4v) is 2.69. The third-order valence-electron chi connectivity index (χ3n) is 3.97. The lowest BCUT2D eigenvalue weighted by atomic mass is 10.0. The fraction of sp³-hybridized carbons (Fsp3) is 0.100. The largest absolute Gasteiger partial charge is 0.497 e. The van der Waals surface area contributed by atoms with E-state index in [1.54, 1.807) is 31.4 Å². The van der Waals surface area contributed by atoms with Crippen LogP contribution in [0, 0.1) is 5.82 Å². The number of halogens is 1. The Labute approximate surface area is 150 Å². The first-order valence-electron chi connectivity index (χ1n) is 7.93. The van der Waals surface area contributed by atoms with Crippen molar-refractivity contribution in [1.82, 2.24) is 4.90 Å². The van der Waals surface area contributed by atoms with Crippen LogP contribution in [0.2, 0.25) is 0 Å². The number of nitrogens with zero attached hydrogens (tertiary/aromatic N) is 1. The first-order valence-corrected chi connectivity index (χ1v) is 7.93. The van der Waals surface area contributed by atoms with Crippen LogP contribution in [0.4, 0.5) is 10.1 Å². The van der Waals surface area contributed by atoms with Gasteiger partial charge in [0, 0.05) is 12.2 Å². The zero-order valence-electron chi connectivity index (χ0n) is 14.2. The fourth-order valence-electron chi connectivity index (χ4n) is 2.69. The first-order chi connectivity index (χ1) is 12.5. The molecule has 2 aromatic carbocycles. The molecule has 0 unspecified atom stereocenters. The van der Waals surface area contributed by atoms with Crippen molar-refractivity contribution in [2.45, 2.75) is 0 Å². The highest BCUT2D eigenvalue weighted by Crippen LogP contribution is 2.31. The van der Waals surface area contributed by atoms with Crippen LogP contribution >= 0.6 is 0 Å². The Bertz CT molecular complexity index is 886. The van der Waals surface area contributed by atoms with Crippen molar-refractivity contribution in [1.29, 1.82) is 0 Å². The van der Waals surface area contributed by atoms with Gasteiger partial charge < -0.3 is 10.1 Å². The number of amides is 2. The summed E-state index contributed by atoms with van der Waals surface area (Å²) in [6.07, 6.45) is 1.49. The number of benzene rings is 2. The number of rotatable bonds is 6. The van der Waals surface area contributed by atoms with Crippen LogP contribution in [-0.4, -0.2) is 30.4 Å². The molecule has 1 aliphatic rings. The monoisotopic (exact) mass is 352 g/mol. The quantitative estimate of drug-likeness (QED) is 0.641. The lowest BCUT2D eigenvalue weighted by Crippen LogP contribution is -2.32. The Kier molecular flexibility index (Phi) is 4.84. The van der Waals surface area contributed by atoms with E-state index in [9.17, 15) is 14.0 Å². The minimum atomic E-state index is -0.454. The van der Waals surface area contributed by atoms with Crippen LogP contribution in [0.1, 0.15) is 5.56 Å². The topological polar surface area (TPSA) is 58.6 Å². The van der Waals surface area contributed by atoms with Crippen molar-refractivity contribution < 1.29 is 18.7 Å². The van der Waals surface area contributed by atoms with Gasteiger partial charge >= 0.3 is 0 Å². The molecule has 0 aliphatic carbocycles. The Morgan fingerprint density at radius 2 is 1.73 bits per heavy atom. The first kappa shape index (κ1) is 17.4. The summed E-state index contributed by atoms with van der Waals surface area (Å²) >= 11 is 0. The van der Waals surface area contributed by atoms with Crippen LogP contribution in [0.15, 0.2) is 66.9 Å². The molecule has 0 spiro atoms. The van der Waals surface area contributed by atoms with E-state index >= 15 is 0 Å². The van der Waals surface area contributed by atoms with Crippen molar-refractivity contribution in [3.63, 3.8) is 0 Å². The zero-order chi connectivity index (χ0) is 18.7. The van der Waals surface area contributed by atoms with E-state index < -0.39 is 11.8 Å². The SMILES string of the molecule is C=CCN1C(=O)C(Nc2ccc(F)cc2)=C(c2ccc(OC)cc2)C1=O. The van der Waals surface area contributed by atoms with Crippen LogP contribution in [0.25, 0.3) is 5.57 Å². The van der Waals surface area contributed by atoms with Gasteiger partial charge in [-0.25, -0.2) is 4.39 Å². The maximum Gasteiger partial charge on any atom is 0.278 e. The molecule has 0 radical (unpaired) electrons. The summed E-state index contributed by atoms with van der Waals surface area (Å²) in [5.41, 5.74) is 1.49. The van der Waals surface area contributed by atoms with E-state index in [0.29, 0.717) is 17.0 Å². The van der Waals surface area contributed by atoms with E-state index in [1.807, 2.05) is 0 Å². The normalized spacial score (nSPS) is 14.0. The second-order valence-corrected chi connectivity index (χ2v) is 5.62. The molecule has 26 heavy (non-hydrogen) atoms. The highest BCUT2D eigenvalue weighted by Gasteiger charge is 2.38. The number of hydrogen-bond acceptors (Lipinski definition) is 4. The van der Waals surface area contributed by atoms with Crippen LogP contribution in [0.5, 0.6) is 5.75 Å². The average Bonchev–Trinajstić information content (AvgIpc) is 2.88. The molecule has 0 aromatic heterocycles. The van der Waals surface area contributed by atoms with Crippen molar-refractivity contribution in [2.75, 3.05) is 19.0 Å². The van der Waals surface area contributed by atoms with Gasteiger partial charge in [0.2, 0.25) is 0 Å².